The number of halogens is 1. The minimum absolute atomic E-state index is 0.243. The zero-order valence-electron chi connectivity index (χ0n) is 16.5. The van der Waals surface area contributed by atoms with Crippen molar-refractivity contribution < 1.29 is 13.9 Å². The molecule has 0 bridgehead atoms. The topological polar surface area (TPSA) is 58.1 Å². The van der Waals surface area contributed by atoms with Crippen molar-refractivity contribution in [1.82, 2.24) is 10.6 Å². The summed E-state index contributed by atoms with van der Waals surface area (Å²) in [6.45, 7) is 1.03. The highest BCUT2D eigenvalue weighted by atomic mass is 19.1. The summed E-state index contributed by atoms with van der Waals surface area (Å²) in [6, 6.07) is 10.9. The molecule has 0 fully saturated rings. The highest BCUT2D eigenvalue weighted by molar-refractivity contribution is 5.79. The third-order valence-corrected chi connectivity index (χ3v) is 4.09. The van der Waals surface area contributed by atoms with Crippen molar-refractivity contribution in [2.75, 3.05) is 40.3 Å². The van der Waals surface area contributed by atoms with E-state index in [-0.39, 0.29) is 5.82 Å². The standard InChI is InChI=1S/C20H27FN4O2/c1-22-20(23-12-14-6-8-17(25(2)3)16(21)10-14)24-13-15-7-9-18(26-4)19(11-15)27-5/h6-11H,12-13H2,1-5H3,(H2,22,23,24). The van der Waals surface area contributed by atoms with Gasteiger partial charge in [-0.3, -0.25) is 4.99 Å². The van der Waals surface area contributed by atoms with Crippen LogP contribution >= 0.6 is 0 Å². The summed E-state index contributed by atoms with van der Waals surface area (Å²) in [6.07, 6.45) is 0. The van der Waals surface area contributed by atoms with E-state index in [2.05, 4.69) is 15.6 Å². The molecule has 0 radical (unpaired) electrons. The van der Waals surface area contributed by atoms with Gasteiger partial charge in [-0.15, -0.1) is 0 Å². The fraction of sp³-hybridized carbons (Fsp3) is 0.350. The smallest absolute Gasteiger partial charge is 0.191 e. The Balaban J connectivity index is 1.94. The van der Waals surface area contributed by atoms with Gasteiger partial charge in [-0.2, -0.15) is 0 Å². The van der Waals surface area contributed by atoms with Crippen molar-refractivity contribution >= 4 is 11.6 Å². The minimum atomic E-state index is -0.243. The maximum Gasteiger partial charge on any atom is 0.191 e. The molecule has 0 saturated heterocycles. The Hall–Kier alpha value is -2.96. The first-order chi connectivity index (χ1) is 13.0. The molecule has 0 spiro atoms. The van der Waals surface area contributed by atoms with E-state index < -0.39 is 0 Å². The highest BCUT2D eigenvalue weighted by Gasteiger charge is 2.07. The summed E-state index contributed by atoms with van der Waals surface area (Å²) in [5.41, 5.74) is 2.43. The second kappa shape index (κ2) is 9.66. The van der Waals surface area contributed by atoms with Crippen LogP contribution in [0.4, 0.5) is 10.1 Å². The maximum atomic E-state index is 14.1. The van der Waals surface area contributed by atoms with Gasteiger partial charge in [0.25, 0.3) is 0 Å². The lowest BCUT2D eigenvalue weighted by Gasteiger charge is -2.16. The van der Waals surface area contributed by atoms with Crippen LogP contribution in [0.2, 0.25) is 0 Å². The number of ether oxygens (including phenoxy) is 2. The van der Waals surface area contributed by atoms with Crippen LogP contribution in [0.1, 0.15) is 11.1 Å². The SMILES string of the molecule is CN=C(NCc1ccc(N(C)C)c(F)c1)NCc1ccc(OC)c(OC)c1. The number of rotatable bonds is 7. The zero-order valence-corrected chi connectivity index (χ0v) is 16.5. The van der Waals surface area contributed by atoms with Gasteiger partial charge in [0.05, 0.1) is 19.9 Å². The molecule has 27 heavy (non-hydrogen) atoms. The van der Waals surface area contributed by atoms with E-state index >= 15 is 0 Å². The second-order valence-corrected chi connectivity index (χ2v) is 6.15. The number of guanidine groups is 1. The number of nitrogens with one attached hydrogen (secondary N) is 2. The Morgan fingerprint density at radius 2 is 1.56 bits per heavy atom. The molecule has 0 aliphatic heterocycles. The van der Waals surface area contributed by atoms with Crippen molar-refractivity contribution in [2.45, 2.75) is 13.1 Å². The molecular weight excluding hydrogens is 347 g/mol. The number of methoxy groups -OCH3 is 2. The molecule has 0 aliphatic carbocycles. The number of hydrogen-bond donors (Lipinski definition) is 2. The Bertz CT molecular complexity index is 794. The first-order valence-corrected chi connectivity index (χ1v) is 8.59. The Kier molecular flexibility index (Phi) is 7.28. The van der Waals surface area contributed by atoms with Crippen LogP contribution in [0.25, 0.3) is 0 Å². The lowest BCUT2D eigenvalue weighted by Crippen LogP contribution is -2.36. The molecule has 0 aromatic heterocycles. The van der Waals surface area contributed by atoms with Crippen molar-refractivity contribution in [3.63, 3.8) is 0 Å². The largest absolute Gasteiger partial charge is 0.493 e. The lowest BCUT2D eigenvalue weighted by molar-refractivity contribution is 0.354. The van der Waals surface area contributed by atoms with E-state index in [9.17, 15) is 4.39 Å². The summed E-state index contributed by atoms with van der Waals surface area (Å²) in [4.78, 5) is 5.95. The van der Waals surface area contributed by atoms with Crippen molar-refractivity contribution in [3.8, 4) is 11.5 Å². The van der Waals surface area contributed by atoms with Crippen LogP contribution in [0.15, 0.2) is 41.4 Å². The van der Waals surface area contributed by atoms with E-state index in [4.69, 9.17) is 9.47 Å². The summed E-state index contributed by atoms with van der Waals surface area (Å²) in [7, 11) is 8.54. The van der Waals surface area contributed by atoms with Gasteiger partial charge >= 0.3 is 0 Å². The lowest BCUT2D eigenvalue weighted by atomic mass is 10.2. The molecular formula is C20H27FN4O2. The summed E-state index contributed by atoms with van der Waals surface area (Å²) in [5, 5.41) is 6.42. The van der Waals surface area contributed by atoms with E-state index in [0.29, 0.717) is 36.2 Å². The molecule has 0 amide bonds. The fourth-order valence-electron chi connectivity index (χ4n) is 2.61. The molecule has 146 valence electrons. The van der Waals surface area contributed by atoms with Crippen molar-refractivity contribution in [2.24, 2.45) is 4.99 Å². The van der Waals surface area contributed by atoms with Crippen molar-refractivity contribution in [3.05, 3.63) is 53.3 Å². The molecule has 0 atom stereocenters. The summed E-state index contributed by atoms with van der Waals surface area (Å²) in [5.74, 6) is 1.75. The maximum absolute atomic E-state index is 14.1. The molecule has 2 aromatic carbocycles. The molecule has 7 heteroatoms. The van der Waals surface area contributed by atoms with Gasteiger partial charge in [0.2, 0.25) is 0 Å². The predicted octanol–water partition coefficient (Wildman–Crippen LogP) is 2.77. The fourth-order valence-corrected chi connectivity index (χ4v) is 2.61. The minimum Gasteiger partial charge on any atom is -0.493 e. The van der Waals surface area contributed by atoms with E-state index in [0.717, 1.165) is 11.1 Å². The number of aliphatic imine (C=N–C) groups is 1. The van der Waals surface area contributed by atoms with Gasteiger partial charge in [-0.1, -0.05) is 12.1 Å². The average molecular weight is 374 g/mol. The van der Waals surface area contributed by atoms with Crippen molar-refractivity contribution in [1.29, 1.82) is 0 Å². The number of hydrogen-bond acceptors (Lipinski definition) is 4. The molecule has 2 rings (SSSR count). The van der Waals surface area contributed by atoms with Gasteiger partial charge in [-0.05, 0) is 35.4 Å². The number of nitrogens with zero attached hydrogens (tertiary/aromatic N) is 2. The van der Waals surface area contributed by atoms with Crippen LogP contribution < -0.4 is 25.0 Å². The Labute approximate surface area is 160 Å². The zero-order chi connectivity index (χ0) is 19.8. The third kappa shape index (κ3) is 5.51. The normalized spacial score (nSPS) is 11.1. The summed E-state index contributed by atoms with van der Waals surface area (Å²) < 4.78 is 24.6. The first kappa shape index (κ1) is 20.4. The van der Waals surface area contributed by atoms with Gasteiger partial charge < -0.3 is 25.0 Å². The van der Waals surface area contributed by atoms with Gasteiger partial charge in [0, 0.05) is 34.2 Å². The molecule has 6 nitrogen and oxygen atoms in total. The molecule has 0 unspecified atom stereocenters. The van der Waals surface area contributed by atoms with Gasteiger partial charge in [-0.25, -0.2) is 4.39 Å². The van der Waals surface area contributed by atoms with E-state index in [1.807, 2.05) is 38.4 Å². The molecule has 0 saturated carbocycles. The number of benzene rings is 2. The van der Waals surface area contributed by atoms with Crippen LogP contribution in [-0.4, -0.2) is 41.3 Å². The van der Waals surface area contributed by atoms with E-state index in [1.54, 1.807) is 32.2 Å². The highest BCUT2D eigenvalue weighted by Crippen LogP contribution is 2.27. The molecule has 0 aliphatic rings. The number of anilines is 1. The second-order valence-electron chi connectivity index (χ2n) is 6.15. The van der Waals surface area contributed by atoms with E-state index in [1.165, 1.54) is 6.07 Å². The third-order valence-electron chi connectivity index (χ3n) is 4.09. The van der Waals surface area contributed by atoms with Gasteiger partial charge in [0.15, 0.2) is 17.5 Å². The monoisotopic (exact) mass is 374 g/mol. The summed E-state index contributed by atoms with van der Waals surface area (Å²) >= 11 is 0. The van der Waals surface area contributed by atoms with Crippen LogP contribution in [0.5, 0.6) is 11.5 Å². The molecule has 2 aromatic rings. The van der Waals surface area contributed by atoms with Crippen LogP contribution in [0.3, 0.4) is 0 Å². The first-order valence-electron chi connectivity index (χ1n) is 8.59. The quantitative estimate of drug-likeness (QED) is 0.577. The van der Waals surface area contributed by atoms with Crippen LogP contribution in [-0.2, 0) is 13.1 Å². The Morgan fingerprint density at radius 3 is 2.07 bits per heavy atom. The van der Waals surface area contributed by atoms with Crippen LogP contribution in [0, 0.1) is 5.82 Å². The Morgan fingerprint density at radius 1 is 0.963 bits per heavy atom. The van der Waals surface area contributed by atoms with Gasteiger partial charge in [0.1, 0.15) is 5.82 Å². The predicted molar refractivity (Wildman–Crippen MR) is 107 cm³/mol. The molecule has 0 heterocycles. The average Bonchev–Trinajstić information content (AvgIpc) is 2.67. The molecule has 2 N–H and O–H groups in total.